The Labute approximate surface area is 113 Å². The maximum Gasteiger partial charge on any atom is 0.225 e. The summed E-state index contributed by atoms with van der Waals surface area (Å²) in [6.45, 7) is 0.676. The van der Waals surface area contributed by atoms with Crippen LogP contribution in [0.3, 0.4) is 0 Å². The number of anilines is 1. The van der Waals surface area contributed by atoms with Gasteiger partial charge in [-0.15, -0.1) is 0 Å². The molecular weight excluding hydrogens is 296 g/mol. The van der Waals surface area contributed by atoms with Gasteiger partial charge in [-0.25, -0.2) is 9.67 Å². The number of rotatable bonds is 5. The largest absolute Gasteiger partial charge is 0.326 e. The van der Waals surface area contributed by atoms with E-state index in [0.717, 1.165) is 11.3 Å². The number of nitrogens with one attached hydrogen (secondary N) is 1. The highest BCUT2D eigenvalue weighted by Gasteiger charge is 2.01. The minimum atomic E-state index is 0.0101. The first-order valence-corrected chi connectivity index (χ1v) is 6.67. The summed E-state index contributed by atoms with van der Waals surface area (Å²) in [6, 6.07) is 7.70. The van der Waals surface area contributed by atoms with Crippen LogP contribution in [0.2, 0.25) is 0 Å². The van der Waals surface area contributed by atoms with E-state index in [1.165, 1.54) is 6.33 Å². The van der Waals surface area contributed by atoms with Gasteiger partial charge in [-0.3, -0.25) is 4.79 Å². The van der Waals surface area contributed by atoms with Crippen LogP contribution in [0.5, 0.6) is 0 Å². The van der Waals surface area contributed by atoms with Crippen molar-refractivity contribution in [1.82, 2.24) is 14.8 Å². The number of carbonyl (C=O) groups is 1. The van der Waals surface area contributed by atoms with Gasteiger partial charge >= 0.3 is 0 Å². The molecule has 0 aliphatic carbocycles. The van der Waals surface area contributed by atoms with E-state index in [0.29, 0.717) is 18.3 Å². The van der Waals surface area contributed by atoms with Crippen LogP contribution in [0.4, 0.5) is 5.69 Å². The SMILES string of the molecule is O=C(CCBr)Nc1ccc(Cn2cncn2)cc1. The number of halogens is 1. The fourth-order valence-electron chi connectivity index (χ4n) is 1.50. The van der Waals surface area contributed by atoms with Crippen LogP contribution in [-0.2, 0) is 11.3 Å². The number of amides is 1. The molecule has 5 nitrogen and oxygen atoms in total. The summed E-state index contributed by atoms with van der Waals surface area (Å²) in [4.78, 5) is 15.3. The molecular formula is C12H13BrN4O. The Hall–Kier alpha value is -1.69. The first-order chi connectivity index (χ1) is 8.78. The van der Waals surface area contributed by atoms with Gasteiger partial charge in [-0.1, -0.05) is 28.1 Å². The predicted molar refractivity (Wildman–Crippen MR) is 72.6 cm³/mol. The van der Waals surface area contributed by atoms with Gasteiger partial charge in [0.1, 0.15) is 12.7 Å². The van der Waals surface area contributed by atoms with Gasteiger partial charge in [-0.2, -0.15) is 5.10 Å². The molecule has 0 bridgehead atoms. The maximum absolute atomic E-state index is 11.4. The lowest BCUT2D eigenvalue weighted by Crippen LogP contribution is -2.11. The summed E-state index contributed by atoms with van der Waals surface area (Å²) in [7, 11) is 0. The Morgan fingerprint density at radius 1 is 1.33 bits per heavy atom. The molecule has 0 fully saturated rings. The highest BCUT2D eigenvalue weighted by Crippen LogP contribution is 2.10. The van der Waals surface area contributed by atoms with Gasteiger partial charge in [0.2, 0.25) is 5.91 Å². The van der Waals surface area contributed by atoms with Crippen LogP contribution in [0.15, 0.2) is 36.9 Å². The molecule has 0 radical (unpaired) electrons. The molecule has 0 aliphatic rings. The van der Waals surface area contributed by atoms with Crippen LogP contribution in [-0.4, -0.2) is 26.0 Å². The molecule has 1 heterocycles. The molecule has 0 atom stereocenters. The monoisotopic (exact) mass is 308 g/mol. The Kier molecular flexibility index (Phi) is 4.46. The van der Waals surface area contributed by atoms with E-state index in [9.17, 15) is 4.79 Å². The lowest BCUT2D eigenvalue weighted by Gasteiger charge is -2.05. The topological polar surface area (TPSA) is 59.8 Å². The smallest absolute Gasteiger partial charge is 0.225 e. The highest BCUT2D eigenvalue weighted by molar-refractivity contribution is 9.09. The Bertz CT molecular complexity index is 495. The van der Waals surface area contributed by atoms with Crippen molar-refractivity contribution in [3.05, 3.63) is 42.5 Å². The first kappa shape index (κ1) is 12.8. The van der Waals surface area contributed by atoms with E-state index >= 15 is 0 Å². The number of alkyl halides is 1. The molecule has 2 rings (SSSR count). The zero-order valence-corrected chi connectivity index (χ0v) is 11.3. The molecule has 1 N–H and O–H groups in total. The van der Waals surface area contributed by atoms with E-state index < -0.39 is 0 Å². The molecule has 0 saturated heterocycles. The van der Waals surface area contributed by atoms with Crippen molar-refractivity contribution in [1.29, 1.82) is 0 Å². The lowest BCUT2D eigenvalue weighted by molar-refractivity contribution is -0.115. The van der Waals surface area contributed by atoms with Gasteiger partial charge in [-0.05, 0) is 17.7 Å². The third-order valence-electron chi connectivity index (χ3n) is 2.37. The molecule has 2 aromatic rings. The van der Waals surface area contributed by atoms with E-state index in [2.05, 4.69) is 31.3 Å². The van der Waals surface area contributed by atoms with E-state index in [1.807, 2.05) is 24.3 Å². The van der Waals surface area contributed by atoms with Crippen LogP contribution in [0.1, 0.15) is 12.0 Å². The van der Waals surface area contributed by atoms with Crippen LogP contribution < -0.4 is 5.32 Å². The number of hydrogen-bond acceptors (Lipinski definition) is 3. The molecule has 94 valence electrons. The fraction of sp³-hybridized carbons (Fsp3) is 0.250. The number of hydrogen-bond donors (Lipinski definition) is 1. The van der Waals surface area contributed by atoms with E-state index in [-0.39, 0.29) is 5.91 Å². The molecule has 1 aromatic carbocycles. The minimum Gasteiger partial charge on any atom is -0.326 e. The molecule has 0 unspecified atom stereocenters. The summed E-state index contributed by atoms with van der Waals surface area (Å²) < 4.78 is 1.75. The number of carbonyl (C=O) groups excluding carboxylic acids is 1. The van der Waals surface area contributed by atoms with E-state index in [1.54, 1.807) is 11.0 Å². The second-order valence-corrected chi connectivity index (χ2v) is 4.57. The fourth-order valence-corrected chi connectivity index (χ4v) is 1.86. The van der Waals surface area contributed by atoms with Crippen LogP contribution in [0.25, 0.3) is 0 Å². The Morgan fingerprint density at radius 3 is 2.72 bits per heavy atom. The number of nitrogens with zero attached hydrogens (tertiary/aromatic N) is 3. The van der Waals surface area contributed by atoms with Gasteiger partial charge in [0.05, 0.1) is 6.54 Å². The standard InChI is InChI=1S/C12H13BrN4O/c13-6-5-12(18)16-11-3-1-10(2-4-11)7-17-9-14-8-15-17/h1-4,8-9H,5-7H2,(H,16,18). The minimum absolute atomic E-state index is 0.0101. The zero-order valence-electron chi connectivity index (χ0n) is 9.71. The average Bonchev–Trinajstić information content (AvgIpc) is 2.85. The first-order valence-electron chi connectivity index (χ1n) is 5.55. The second kappa shape index (κ2) is 6.30. The maximum atomic E-state index is 11.4. The van der Waals surface area contributed by atoms with Gasteiger partial charge in [0.25, 0.3) is 0 Å². The van der Waals surface area contributed by atoms with Crippen LogP contribution >= 0.6 is 15.9 Å². The predicted octanol–water partition coefficient (Wildman–Crippen LogP) is 2.05. The molecule has 0 spiro atoms. The van der Waals surface area contributed by atoms with Gasteiger partial charge in [0, 0.05) is 17.4 Å². The third-order valence-corrected chi connectivity index (χ3v) is 2.77. The highest BCUT2D eigenvalue weighted by atomic mass is 79.9. The quantitative estimate of drug-likeness (QED) is 0.860. The number of benzene rings is 1. The lowest BCUT2D eigenvalue weighted by atomic mass is 10.2. The normalized spacial score (nSPS) is 10.3. The third kappa shape index (κ3) is 3.66. The second-order valence-electron chi connectivity index (χ2n) is 3.78. The van der Waals surface area contributed by atoms with E-state index in [4.69, 9.17) is 0 Å². The molecule has 6 heteroatoms. The van der Waals surface area contributed by atoms with Crippen molar-refractivity contribution < 1.29 is 4.79 Å². The Morgan fingerprint density at radius 2 is 2.11 bits per heavy atom. The van der Waals surface area contributed by atoms with Gasteiger partial charge < -0.3 is 5.32 Å². The van der Waals surface area contributed by atoms with Crippen molar-refractivity contribution >= 4 is 27.5 Å². The van der Waals surface area contributed by atoms with Crippen LogP contribution in [0, 0.1) is 0 Å². The summed E-state index contributed by atoms with van der Waals surface area (Å²) in [6.07, 6.45) is 3.65. The summed E-state index contributed by atoms with van der Waals surface area (Å²) in [5, 5.41) is 7.53. The Balaban J connectivity index is 1.95. The summed E-state index contributed by atoms with van der Waals surface area (Å²) in [5.74, 6) is 0.0101. The number of aromatic nitrogens is 3. The van der Waals surface area contributed by atoms with Crippen molar-refractivity contribution in [3.63, 3.8) is 0 Å². The zero-order chi connectivity index (χ0) is 12.8. The molecule has 1 aromatic heterocycles. The molecule has 18 heavy (non-hydrogen) atoms. The molecule has 0 saturated carbocycles. The summed E-state index contributed by atoms with van der Waals surface area (Å²) >= 11 is 3.23. The van der Waals surface area contributed by atoms with Crippen molar-refractivity contribution in [2.45, 2.75) is 13.0 Å². The summed E-state index contributed by atoms with van der Waals surface area (Å²) in [5.41, 5.74) is 1.92. The van der Waals surface area contributed by atoms with Gasteiger partial charge in [0.15, 0.2) is 0 Å². The molecule has 0 aliphatic heterocycles. The van der Waals surface area contributed by atoms with Crippen molar-refractivity contribution in [2.75, 3.05) is 10.6 Å². The van der Waals surface area contributed by atoms with Crippen molar-refractivity contribution in [3.8, 4) is 0 Å². The van der Waals surface area contributed by atoms with Crippen molar-refractivity contribution in [2.24, 2.45) is 0 Å². The molecule has 1 amide bonds. The average molecular weight is 309 g/mol.